The molecule has 8 heteroatoms. The van der Waals surface area contributed by atoms with E-state index < -0.39 is 9.84 Å². The molecule has 1 amide bonds. The second kappa shape index (κ2) is 6.42. The van der Waals surface area contributed by atoms with Crippen molar-refractivity contribution < 1.29 is 22.4 Å². The van der Waals surface area contributed by atoms with Gasteiger partial charge in [-0.3, -0.25) is 4.79 Å². The van der Waals surface area contributed by atoms with Gasteiger partial charge in [0.05, 0.1) is 11.5 Å². The maximum Gasteiger partial charge on any atom is 0.339 e. The number of hydrogen-bond donors (Lipinski definition) is 1. The fraction of sp³-hybridized carbons (Fsp3) is 0.444. The number of amides is 1. The molecule has 0 saturated carbocycles. The van der Waals surface area contributed by atoms with E-state index in [9.17, 15) is 18.0 Å². The smallest absolute Gasteiger partial charge is 0.339 e. The normalized spacial score (nSPS) is 20.8. The minimum Gasteiger partial charge on any atom is -0.484 e. The van der Waals surface area contributed by atoms with Crippen LogP contribution in [0.3, 0.4) is 0 Å². The van der Waals surface area contributed by atoms with Crippen molar-refractivity contribution in [2.24, 2.45) is 0 Å². The predicted octanol–water partition coefficient (Wildman–Crippen LogP) is 0.964. The molecule has 2 aromatic rings. The summed E-state index contributed by atoms with van der Waals surface area (Å²) in [7, 11) is -3.04. The summed E-state index contributed by atoms with van der Waals surface area (Å²) < 4.78 is 33.7. The molecule has 1 aliphatic heterocycles. The Labute approximate surface area is 150 Å². The Bertz CT molecular complexity index is 1040. The van der Waals surface area contributed by atoms with Gasteiger partial charge in [-0.15, -0.1) is 0 Å². The lowest BCUT2D eigenvalue weighted by atomic mass is 10.1. The lowest BCUT2D eigenvalue weighted by Crippen LogP contribution is -2.38. The Kier molecular flexibility index (Phi) is 4.22. The molecule has 2 heterocycles. The predicted molar refractivity (Wildman–Crippen MR) is 95.2 cm³/mol. The number of nitrogens with one attached hydrogen (secondary N) is 1. The zero-order valence-electron chi connectivity index (χ0n) is 14.1. The molecule has 1 aromatic heterocycles. The molecule has 1 aromatic carbocycles. The van der Waals surface area contributed by atoms with Gasteiger partial charge in [-0.2, -0.15) is 0 Å². The summed E-state index contributed by atoms with van der Waals surface area (Å²) >= 11 is 0. The lowest BCUT2D eigenvalue weighted by Gasteiger charge is -2.12. The molecule has 1 aliphatic carbocycles. The highest BCUT2D eigenvalue weighted by molar-refractivity contribution is 7.91. The average molecular weight is 377 g/mol. The first-order valence-electron chi connectivity index (χ1n) is 8.62. The van der Waals surface area contributed by atoms with E-state index in [0.29, 0.717) is 17.8 Å². The van der Waals surface area contributed by atoms with Gasteiger partial charge in [0.2, 0.25) is 0 Å². The monoisotopic (exact) mass is 377 g/mol. The quantitative estimate of drug-likeness (QED) is 0.797. The number of carbonyl (C=O) groups excluding carboxylic acids is 1. The summed E-state index contributed by atoms with van der Waals surface area (Å²) in [5, 5.41) is 3.58. The highest BCUT2D eigenvalue weighted by Gasteiger charge is 2.29. The van der Waals surface area contributed by atoms with Crippen LogP contribution >= 0.6 is 0 Å². The molecule has 1 saturated heterocycles. The highest BCUT2D eigenvalue weighted by Crippen LogP contribution is 2.29. The molecular weight excluding hydrogens is 358 g/mol. The number of carbonyl (C=O) groups is 1. The molecule has 138 valence electrons. The van der Waals surface area contributed by atoms with E-state index in [1.807, 2.05) is 6.07 Å². The SMILES string of the molecule is O=C(COc1ccc2c3c(c(=O)oc2c1)CCC3)N[C@H]1CCS(=O)(=O)C1. The van der Waals surface area contributed by atoms with E-state index in [1.54, 1.807) is 12.1 Å². The first-order chi connectivity index (χ1) is 12.4. The first kappa shape index (κ1) is 17.1. The van der Waals surface area contributed by atoms with E-state index in [2.05, 4.69) is 5.32 Å². The lowest BCUT2D eigenvalue weighted by molar-refractivity contribution is -0.123. The minimum absolute atomic E-state index is 0.0228. The second-order valence-corrected chi connectivity index (χ2v) is 9.04. The van der Waals surface area contributed by atoms with Crippen LogP contribution in [0.5, 0.6) is 5.75 Å². The third-order valence-corrected chi connectivity index (χ3v) is 6.68. The van der Waals surface area contributed by atoms with Crippen LogP contribution in [-0.4, -0.2) is 38.5 Å². The van der Waals surface area contributed by atoms with Crippen LogP contribution < -0.4 is 15.7 Å². The summed E-state index contributed by atoms with van der Waals surface area (Å²) in [5.74, 6) is 0.132. The van der Waals surface area contributed by atoms with E-state index in [0.717, 1.165) is 35.8 Å². The van der Waals surface area contributed by atoms with Gasteiger partial charge in [-0.25, -0.2) is 13.2 Å². The molecule has 2 aliphatic rings. The number of sulfone groups is 1. The van der Waals surface area contributed by atoms with Gasteiger partial charge >= 0.3 is 5.63 Å². The van der Waals surface area contributed by atoms with Crippen molar-refractivity contribution in [3.05, 3.63) is 39.7 Å². The number of benzene rings is 1. The van der Waals surface area contributed by atoms with Crippen molar-refractivity contribution in [3.8, 4) is 5.75 Å². The summed E-state index contributed by atoms with van der Waals surface area (Å²) in [5.41, 5.74) is 1.96. The molecule has 7 nitrogen and oxygen atoms in total. The number of rotatable bonds is 4. The zero-order valence-corrected chi connectivity index (χ0v) is 14.9. The van der Waals surface area contributed by atoms with Crippen molar-refractivity contribution in [2.75, 3.05) is 18.1 Å². The van der Waals surface area contributed by atoms with Crippen LogP contribution in [0.2, 0.25) is 0 Å². The molecule has 0 spiro atoms. The fourth-order valence-electron chi connectivity index (χ4n) is 3.68. The zero-order chi connectivity index (χ0) is 18.3. The molecule has 4 rings (SSSR count). The Morgan fingerprint density at radius 2 is 2.08 bits per heavy atom. The molecule has 1 fully saturated rings. The maximum atomic E-state index is 12.0. The molecular formula is C18H19NO6S. The summed E-state index contributed by atoms with van der Waals surface area (Å²) in [6, 6.07) is 4.85. The third-order valence-electron chi connectivity index (χ3n) is 4.91. The average Bonchev–Trinajstić information content (AvgIpc) is 3.20. The number of hydrogen-bond acceptors (Lipinski definition) is 6. The topological polar surface area (TPSA) is 103 Å². The van der Waals surface area contributed by atoms with E-state index in [-0.39, 0.29) is 35.7 Å². The minimum atomic E-state index is -3.04. The highest BCUT2D eigenvalue weighted by atomic mass is 32.2. The molecule has 0 unspecified atom stereocenters. The van der Waals surface area contributed by atoms with Crippen LogP contribution in [0, 0.1) is 0 Å². The summed E-state index contributed by atoms with van der Waals surface area (Å²) in [4.78, 5) is 24.0. The second-order valence-electron chi connectivity index (χ2n) is 6.81. The van der Waals surface area contributed by atoms with Crippen LogP contribution in [0.15, 0.2) is 27.4 Å². The molecule has 0 bridgehead atoms. The largest absolute Gasteiger partial charge is 0.484 e. The molecule has 1 N–H and O–H groups in total. The summed E-state index contributed by atoms with van der Waals surface area (Å²) in [6.07, 6.45) is 3.00. The van der Waals surface area contributed by atoms with E-state index in [4.69, 9.17) is 9.15 Å². The van der Waals surface area contributed by atoms with Crippen molar-refractivity contribution in [1.29, 1.82) is 0 Å². The van der Waals surface area contributed by atoms with Gasteiger partial charge in [-0.05, 0) is 43.4 Å². The van der Waals surface area contributed by atoms with Crippen molar-refractivity contribution in [2.45, 2.75) is 31.7 Å². The first-order valence-corrected chi connectivity index (χ1v) is 10.4. The Morgan fingerprint density at radius 1 is 1.27 bits per heavy atom. The van der Waals surface area contributed by atoms with Gasteiger partial charge in [0.15, 0.2) is 16.4 Å². The van der Waals surface area contributed by atoms with Crippen LogP contribution in [-0.2, 0) is 27.5 Å². The molecule has 26 heavy (non-hydrogen) atoms. The number of ether oxygens (including phenoxy) is 1. The number of aryl methyl sites for hydroxylation is 1. The van der Waals surface area contributed by atoms with Crippen LogP contribution in [0.25, 0.3) is 11.0 Å². The van der Waals surface area contributed by atoms with Crippen LogP contribution in [0.4, 0.5) is 0 Å². The maximum absolute atomic E-state index is 12.0. The molecule has 0 radical (unpaired) electrons. The fourth-order valence-corrected chi connectivity index (χ4v) is 5.35. The standard InChI is InChI=1S/C18H19NO6S/c20-17(19-11-6-7-26(22,23)10-11)9-24-12-4-5-14-13-2-1-3-15(13)18(21)25-16(14)8-12/h4-5,8,11H,1-3,6-7,9-10H2,(H,19,20)/t11-/m0/s1. The van der Waals surface area contributed by atoms with Crippen molar-refractivity contribution in [1.82, 2.24) is 5.32 Å². The summed E-state index contributed by atoms with van der Waals surface area (Å²) in [6.45, 7) is -0.225. The molecule has 1 atom stereocenters. The Balaban J connectivity index is 1.44. The van der Waals surface area contributed by atoms with Gasteiger partial charge in [0.1, 0.15) is 11.3 Å². The van der Waals surface area contributed by atoms with Gasteiger partial charge in [0, 0.05) is 23.1 Å². The van der Waals surface area contributed by atoms with Gasteiger partial charge < -0.3 is 14.5 Å². The van der Waals surface area contributed by atoms with Crippen molar-refractivity contribution >= 4 is 26.7 Å². The van der Waals surface area contributed by atoms with E-state index >= 15 is 0 Å². The van der Waals surface area contributed by atoms with Crippen LogP contribution in [0.1, 0.15) is 24.0 Å². The Hall–Kier alpha value is -2.35. The van der Waals surface area contributed by atoms with Gasteiger partial charge in [-0.1, -0.05) is 0 Å². The van der Waals surface area contributed by atoms with Gasteiger partial charge in [0.25, 0.3) is 5.91 Å². The third kappa shape index (κ3) is 3.33. The Morgan fingerprint density at radius 3 is 2.85 bits per heavy atom. The number of fused-ring (bicyclic) bond motifs is 3. The van der Waals surface area contributed by atoms with Crippen molar-refractivity contribution in [3.63, 3.8) is 0 Å². The van der Waals surface area contributed by atoms with E-state index in [1.165, 1.54) is 0 Å².